The van der Waals surface area contributed by atoms with E-state index in [0.29, 0.717) is 23.4 Å². The smallest absolute Gasteiger partial charge is 0.164 e. The van der Waals surface area contributed by atoms with Crippen LogP contribution < -0.4 is 9.86 Å². The van der Waals surface area contributed by atoms with Crippen LogP contribution in [0.15, 0.2) is 12.1 Å². The van der Waals surface area contributed by atoms with Gasteiger partial charge in [-0.2, -0.15) is 0 Å². The maximum absolute atomic E-state index is 13.5. The van der Waals surface area contributed by atoms with Gasteiger partial charge in [0.25, 0.3) is 0 Å². The lowest BCUT2D eigenvalue weighted by Gasteiger charge is -2.12. The van der Waals surface area contributed by atoms with Gasteiger partial charge in [0.15, 0.2) is 11.2 Å². The van der Waals surface area contributed by atoms with Gasteiger partial charge in [-0.1, -0.05) is 11.6 Å². The van der Waals surface area contributed by atoms with Gasteiger partial charge in [-0.25, -0.2) is 18.5 Å². The minimum atomic E-state index is -1.64. The molecule has 1 aromatic rings. The number of nitrogens with one attached hydrogen (secondary N) is 1. The fraction of sp³-hybridized carbons (Fsp3) is 0.333. The highest BCUT2D eigenvalue weighted by molar-refractivity contribution is 7.80. The van der Waals surface area contributed by atoms with Crippen molar-refractivity contribution in [1.82, 2.24) is 4.72 Å². The van der Waals surface area contributed by atoms with Gasteiger partial charge in [0.05, 0.1) is 0 Å². The summed E-state index contributed by atoms with van der Waals surface area (Å²) in [5, 5.41) is 5.68. The van der Waals surface area contributed by atoms with Crippen molar-refractivity contribution in [2.45, 2.75) is 18.9 Å². The zero-order valence-corrected chi connectivity index (χ0v) is 9.37. The Morgan fingerprint density at radius 1 is 1.60 bits per heavy atom. The van der Waals surface area contributed by atoms with Gasteiger partial charge in [0.2, 0.25) is 0 Å². The van der Waals surface area contributed by atoms with Gasteiger partial charge < -0.3 is 0 Å². The Balaban J connectivity index is 2.41. The largest absolute Gasteiger partial charge is 0.238 e. The lowest BCUT2D eigenvalue weighted by molar-refractivity contribution is 0.568. The number of halogens is 2. The summed E-state index contributed by atoms with van der Waals surface area (Å²) in [4.78, 5) is 0. The van der Waals surface area contributed by atoms with Gasteiger partial charge in [0, 0.05) is 16.6 Å². The number of rotatable bonds is 2. The number of benzene rings is 1. The SMILES string of the molecule is NS(=O)NC1CCc2c(Cl)ccc(F)c21. The van der Waals surface area contributed by atoms with E-state index in [-0.39, 0.29) is 11.9 Å². The second-order valence-electron chi connectivity index (χ2n) is 3.43. The Morgan fingerprint density at radius 3 is 3.00 bits per heavy atom. The molecule has 1 aromatic carbocycles. The summed E-state index contributed by atoms with van der Waals surface area (Å²) < 4.78 is 27.0. The molecule has 0 amide bonds. The zero-order chi connectivity index (χ0) is 11.0. The Bertz CT molecular complexity index is 427. The molecule has 1 aliphatic carbocycles. The minimum Gasteiger partial charge on any atom is -0.238 e. The first kappa shape index (κ1) is 11.0. The van der Waals surface area contributed by atoms with Crippen molar-refractivity contribution in [3.8, 4) is 0 Å². The van der Waals surface area contributed by atoms with E-state index < -0.39 is 11.2 Å². The summed E-state index contributed by atoms with van der Waals surface area (Å²) in [6.07, 6.45) is 1.35. The average Bonchev–Trinajstić information content (AvgIpc) is 2.56. The van der Waals surface area contributed by atoms with E-state index in [1.807, 2.05) is 0 Å². The first-order chi connectivity index (χ1) is 7.09. The van der Waals surface area contributed by atoms with Crippen LogP contribution in [-0.4, -0.2) is 4.21 Å². The molecule has 0 aromatic heterocycles. The monoisotopic (exact) mass is 248 g/mol. The molecule has 15 heavy (non-hydrogen) atoms. The molecule has 0 radical (unpaired) electrons. The highest BCUT2D eigenvalue weighted by Gasteiger charge is 2.28. The lowest BCUT2D eigenvalue weighted by atomic mass is 10.1. The summed E-state index contributed by atoms with van der Waals surface area (Å²) in [6.45, 7) is 0. The van der Waals surface area contributed by atoms with Crippen molar-refractivity contribution >= 4 is 22.8 Å². The fourth-order valence-electron chi connectivity index (χ4n) is 1.93. The lowest BCUT2D eigenvalue weighted by Crippen LogP contribution is -2.27. The molecular formula is C9H10ClFN2OS. The Morgan fingerprint density at radius 2 is 2.33 bits per heavy atom. The first-order valence-corrected chi connectivity index (χ1v) is 6.08. The third-order valence-electron chi connectivity index (χ3n) is 2.54. The van der Waals surface area contributed by atoms with Gasteiger partial charge in [-0.3, -0.25) is 0 Å². The minimum absolute atomic E-state index is 0.301. The third-order valence-corrected chi connectivity index (χ3v) is 3.41. The van der Waals surface area contributed by atoms with Crippen molar-refractivity contribution in [2.24, 2.45) is 5.14 Å². The molecule has 0 heterocycles. The molecule has 0 fully saturated rings. The van der Waals surface area contributed by atoms with Crippen molar-refractivity contribution in [2.75, 3.05) is 0 Å². The maximum atomic E-state index is 13.5. The molecule has 3 nitrogen and oxygen atoms in total. The molecule has 0 saturated heterocycles. The van der Waals surface area contributed by atoms with Crippen molar-refractivity contribution < 1.29 is 8.60 Å². The van der Waals surface area contributed by atoms with E-state index in [1.165, 1.54) is 12.1 Å². The molecule has 82 valence electrons. The van der Waals surface area contributed by atoms with Crippen LogP contribution in [0, 0.1) is 5.82 Å². The van der Waals surface area contributed by atoms with Crippen LogP contribution in [0.4, 0.5) is 4.39 Å². The molecule has 1 aliphatic rings. The molecule has 0 saturated carbocycles. The summed E-state index contributed by atoms with van der Waals surface area (Å²) in [7, 11) is 0. The number of nitrogens with two attached hydrogens (primary N) is 1. The van der Waals surface area contributed by atoms with Crippen molar-refractivity contribution in [1.29, 1.82) is 0 Å². The molecule has 2 atom stereocenters. The molecule has 0 spiro atoms. The number of hydrogen-bond acceptors (Lipinski definition) is 1. The fourth-order valence-corrected chi connectivity index (χ4v) is 2.71. The van der Waals surface area contributed by atoms with E-state index in [4.69, 9.17) is 16.7 Å². The third kappa shape index (κ3) is 2.06. The van der Waals surface area contributed by atoms with E-state index in [1.54, 1.807) is 0 Å². The van der Waals surface area contributed by atoms with Crippen LogP contribution in [0.25, 0.3) is 0 Å². The van der Waals surface area contributed by atoms with Crippen molar-refractivity contribution in [3.63, 3.8) is 0 Å². The summed E-state index contributed by atoms with van der Waals surface area (Å²) in [5.74, 6) is -0.324. The van der Waals surface area contributed by atoms with Crippen LogP contribution in [0.3, 0.4) is 0 Å². The predicted octanol–water partition coefficient (Wildman–Crippen LogP) is 1.59. The summed E-state index contributed by atoms with van der Waals surface area (Å²) in [6, 6.07) is 2.56. The molecule has 3 N–H and O–H groups in total. The molecule has 2 rings (SSSR count). The van der Waals surface area contributed by atoms with Crippen LogP contribution in [0.5, 0.6) is 0 Å². The Kier molecular flexibility index (Phi) is 3.06. The van der Waals surface area contributed by atoms with Crippen LogP contribution in [0.2, 0.25) is 5.02 Å². The molecular weight excluding hydrogens is 239 g/mol. The molecule has 0 bridgehead atoms. The number of fused-ring (bicyclic) bond motifs is 1. The van der Waals surface area contributed by atoms with E-state index in [9.17, 15) is 8.60 Å². The topological polar surface area (TPSA) is 55.1 Å². The standard InChI is InChI=1S/C9H10ClFN2OS/c10-6-2-3-7(11)9-5(6)1-4-8(9)13-15(12)14/h2-3,8,13H,1,4,12H2. The van der Waals surface area contributed by atoms with Gasteiger partial charge >= 0.3 is 0 Å². The average molecular weight is 249 g/mol. The van der Waals surface area contributed by atoms with Crippen LogP contribution in [-0.2, 0) is 17.6 Å². The van der Waals surface area contributed by atoms with Crippen molar-refractivity contribution in [3.05, 3.63) is 34.1 Å². The van der Waals surface area contributed by atoms with Crippen LogP contribution >= 0.6 is 11.6 Å². The highest BCUT2D eigenvalue weighted by Crippen LogP contribution is 2.37. The molecule has 6 heteroatoms. The van der Waals surface area contributed by atoms with E-state index in [0.717, 1.165) is 5.56 Å². The normalized spacial score (nSPS) is 21.4. The Hall–Kier alpha value is -0.490. The molecule has 0 aliphatic heterocycles. The van der Waals surface area contributed by atoms with E-state index in [2.05, 4.69) is 4.72 Å². The second-order valence-corrected chi connectivity index (χ2v) is 4.67. The maximum Gasteiger partial charge on any atom is 0.164 e. The van der Waals surface area contributed by atoms with Crippen LogP contribution in [0.1, 0.15) is 23.6 Å². The van der Waals surface area contributed by atoms with Gasteiger partial charge in [0.1, 0.15) is 5.82 Å². The Labute approximate surface area is 94.5 Å². The predicted molar refractivity (Wildman–Crippen MR) is 57.9 cm³/mol. The zero-order valence-electron chi connectivity index (χ0n) is 7.80. The summed E-state index contributed by atoms with van der Waals surface area (Å²) in [5.41, 5.74) is 1.29. The highest BCUT2D eigenvalue weighted by atomic mass is 35.5. The number of hydrogen-bond donors (Lipinski definition) is 2. The van der Waals surface area contributed by atoms with E-state index >= 15 is 0 Å². The van der Waals surface area contributed by atoms with Gasteiger partial charge in [-0.05, 0) is 30.5 Å². The first-order valence-electron chi connectivity index (χ1n) is 4.48. The van der Waals surface area contributed by atoms with Gasteiger partial charge in [-0.15, -0.1) is 0 Å². The quantitative estimate of drug-likeness (QED) is 0.821. The molecule has 2 unspecified atom stereocenters. The summed E-state index contributed by atoms with van der Waals surface area (Å²) >= 11 is 4.30. The second kappa shape index (κ2) is 4.17.